The molecular weight excluding hydrogens is 374 g/mol. The van der Waals surface area contributed by atoms with Crippen LogP contribution in [0.4, 0.5) is 5.69 Å². The van der Waals surface area contributed by atoms with E-state index in [-0.39, 0.29) is 11.7 Å². The summed E-state index contributed by atoms with van der Waals surface area (Å²) in [6.45, 7) is 2.24. The standard InChI is InChI=1S/C25H23N3O2/c1-17(29)20-11-12-22-21(15-20)23(25(30)28-22)24(19-9-3-2-4-10-19)27-14-6-8-18-7-5-13-26-16-18/h2-5,7,9-13,15-16,27H,6,8,14H2,1H3,(H,28,30). The molecule has 0 bridgehead atoms. The number of carbonyl (C=O) groups is 2. The van der Waals surface area contributed by atoms with Crippen molar-refractivity contribution in [2.75, 3.05) is 11.9 Å². The fourth-order valence-electron chi connectivity index (χ4n) is 3.63. The maximum Gasteiger partial charge on any atom is 0.258 e. The molecule has 0 fully saturated rings. The van der Waals surface area contributed by atoms with Gasteiger partial charge in [-0.15, -0.1) is 0 Å². The van der Waals surface area contributed by atoms with Crippen LogP contribution in [0.5, 0.6) is 0 Å². The van der Waals surface area contributed by atoms with E-state index in [9.17, 15) is 9.59 Å². The number of amides is 1. The normalized spacial score (nSPS) is 14.1. The van der Waals surface area contributed by atoms with Gasteiger partial charge in [0.15, 0.2) is 5.78 Å². The molecule has 2 heterocycles. The Morgan fingerprint density at radius 2 is 1.87 bits per heavy atom. The lowest BCUT2D eigenvalue weighted by atomic mass is 9.97. The van der Waals surface area contributed by atoms with Gasteiger partial charge in [-0.25, -0.2) is 0 Å². The topological polar surface area (TPSA) is 71.1 Å². The predicted molar refractivity (Wildman–Crippen MR) is 119 cm³/mol. The van der Waals surface area contributed by atoms with Crippen LogP contribution in [0.1, 0.15) is 40.4 Å². The minimum atomic E-state index is -0.163. The van der Waals surface area contributed by atoms with Crippen molar-refractivity contribution in [1.82, 2.24) is 10.3 Å². The molecule has 0 radical (unpaired) electrons. The second-order valence-corrected chi connectivity index (χ2v) is 7.28. The molecule has 3 aromatic rings. The number of rotatable bonds is 7. The lowest BCUT2D eigenvalue weighted by Crippen LogP contribution is -2.18. The van der Waals surface area contributed by atoms with Crippen molar-refractivity contribution in [1.29, 1.82) is 0 Å². The van der Waals surface area contributed by atoms with Crippen LogP contribution in [-0.2, 0) is 11.2 Å². The van der Waals surface area contributed by atoms with E-state index in [1.54, 1.807) is 24.4 Å². The van der Waals surface area contributed by atoms with Crippen molar-refractivity contribution >= 4 is 28.6 Å². The van der Waals surface area contributed by atoms with Gasteiger partial charge in [-0.1, -0.05) is 36.4 Å². The summed E-state index contributed by atoms with van der Waals surface area (Å²) < 4.78 is 0. The molecule has 1 aromatic heterocycles. The average Bonchev–Trinajstić information content (AvgIpc) is 3.10. The first-order valence-electron chi connectivity index (χ1n) is 10.0. The lowest BCUT2D eigenvalue weighted by Gasteiger charge is -2.15. The van der Waals surface area contributed by atoms with Crippen LogP contribution < -0.4 is 10.6 Å². The minimum absolute atomic E-state index is 0.0258. The molecule has 5 heteroatoms. The first-order valence-corrected chi connectivity index (χ1v) is 10.0. The molecule has 0 atom stereocenters. The lowest BCUT2D eigenvalue weighted by molar-refractivity contribution is -0.110. The van der Waals surface area contributed by atoms with Crippen LogP contribution in [0.2, 0.25) is 0 Å². The summed E-state index contributed by atoms with van der Waals surface area (Å²) in [5, 5.41) is 6.41. The van der Waals surface area contributed by atoms with Gasteiger partial charge < -0.3 is 10.6 Å². The summed E-state index contributed by atoms with van der Waals surface area (Å²) in [6, 6.07) is 19.2. The fourth-order valence-corrected chi connectivity index (χ4v) is 3.63. The van der Waals surface area contributed by atoms with Gasteiger partial charge in [0.05, 0.1) is 11.3 Å². The van der Waals surface area contributed by atoms with Crippen molar-refractivity contribution in [3.63, 3.8) is 0 Å². The highest BCUT2D eigenvalue weighted by Crippen LogP contribution is 2.36. The highest BCUT2D eigenvalue weighted by Gasteiger charge is 2.28. The van der Waals surface area contributed by atoms with E-state index in [1.165, 1.54) is 12.5 Å². The molecule has 5 nitrogen and oxygen atoms in total. The highest BCUT2D eigenvalue weighted by atomic mass is 16.2. The number of carbonyl (C=O) groups excluding carboxylic acids is 2. The van der Waals surface area contributed by atoms with E-state index in [0.717, 1.165) is 35.4 Å². The third-order valence-electron chi connectivity index (χ3n) is 5.15. The number of benzene rings is 2. The molecule has 1 aliphatic rings. The Morgan fingerprint density at radius 1 is 1.03 bits per heavy atom. The number of aromatic nitrogens is 1. The molecule has 4 rings (SSSR count). The van der Waals surface area contributed by atoms with Crippen LogP contribution in [0.3, 0.4) is 0 Å². The Balaban J connectivity index is 1.66. The monoisotopic (exact) mass is 397 g/mol. The Labute approximate surface area is 175 Å². The van der Waals surface area contributed by atoms with Gasteiger partial charge in [0.1, 0.15) is 0 Å². The van der Waals surface area contributed by atoms with Gasteiger partial charge in [0.2, 0.25) is 0 Å². The number of fused-ring (bicyclic) bond motifs is 1. The molecule has 30 heavy (non-hydrogen) atoms. The van der Waals surface area contributed by atoms with Gasteiger partial charge in [0, 0.05) is 35.8 Å². The molecule has 0 spiro atoms. The molecule has 2 aromatic carbocycles. The third-order valence-corrected chi connectivity index (χ3v) is 5.15. The number of hydrogen-bond donors (Lipinski definition) is 2. The molecule has 0 unspecified atom stereocenters. The quantitative estimate of drug-likeness (QED) is 0.354. The second-order valence-electron chi connectivity index (χ2n) is 7.28. The fraction of sp³-hybridized carbons (Fsp3) is 0.160. The van der Waals surface area contributed by atoms with Crippen molar-refractivity contribution < 1.29 is 9.59 Å². The third kappa shape index (κ3) is 4.15. The van der Waals surface area contributed by atoms with E-state index in [4.69, 9.17) is 0 Å². The van der Waals surface area contributed by atoms with E-state index in [0.29, 0.717) is 17.7 Å². The average molecular weight is 397 g/mol. The smallest absolute Gasteiger partial charge is 0.258 e. The molecule has 1 aliphatic heterocycles. The number of nitrogens with one attached hydrogen (secondary N) is 2. The van der Waals surface area contributed by atoms with Crippen LogP contribution >= 0.6 is 0 Å². The van der Waals surface area contributed by atoms with E-state index in [2.05, 4.69) is 21.7 Å². The summed E-state index contributed by atoms with van der Waals surface area (Å²) in [4.78, 5) is 28.9. The molecular formula is C25H23N3O2. The van der Waals surface area contributed by atoms with Crippen LogP contribution in [0.15, 0.2) is 73.1 Å². The Morgan fingerprint density at radius 3 is 2.60 bits per heavy atom. The summed E-state index contributed by atoms with van der Waals surface area (Å²) in [6.07, 6.45) is 5.44. The molecule has 2 N–H and O–H groups in total. The SMILES string of the molecule is CC(=O)c1ccc2c(c1)C(=C(NCCCc1cccnc1)c1ccccc1)C(=O)N2. The van der Waals surface area contributed by atoms with Gasteiger partial charge >= 0.3 is 0 Å². The predicted octanol–water partition coefficient (Wildman–Crippen LogP) is 4.33. The summed E-state index contributed by atoms with van der Waals surface area (Å²) in [5.41, 5.74) is 5.54. The Kier molecular flexibility index (Phi) is 5.70. The zero-order valence-corrected chi connectivity index (χ0v) is 16.8. The van der Waals surface area contributed by atoms with Gasteiger partial charge in [0.25, 0.3) is 5.91 Å². The van der Waals surface area contributed by atoms with E-state index >= 15 is 0 Å². The van der Waals surface area contributed by atoms with Gasteiger partial charge in [-0.3, -0.25) is 14.6 Å². The van der Waals surface area contributed by atoms with Crippen molar-refractivity contribution in [3.8, 4) is 0 Å². The summed E-state index contributed by atoms with van der Waals surface area (Å²) in [5.74, 6) is -0.188. The second kappa shape index (κ2) is 8.74. The van der Waals surface area contributed by atoms with Crippen LogP contribution in [0, 0.1) is 0 Å². The van der Waals surface area contributed by atoms with Crippen molar-refractivity contribution in [2.45, 2.75) is 19.8 Å². The first kappa shape index (κ1) is 19.6. The molecule has 0 saturated heterocycles. The highest BCUT2D eigenvalue weighted by molar-refractivity contribution is 6.36. The number of hydrogen-bond acceptors (Lipinski definition) is 4. The van der Waals surface area contributed by atoms with Gasteiger partial charge in [-0.2, -0.15) is 0 Å². The molecule has 0 saturated carbocycles. The van der Waals surface area contributed by atoms with Crippen LogP contribution in [0.25, 0.3) is 11.3 Å². The zero-order valence-electron chi connectivity index (χ0n) is 16.8. The zero-order chi connectivity index (χ0) is 20.9. The van der Waals surface area contributed by atoms with Crippen LogP contribution in [-0.4, -0.2) is 23.2 Å². The number of ketones is 1. The van der Waals surface area contributed by atoms with Crippen molar-refractivity contribution in [2.24, 2.45) is 0 Å². The molecule has 0 aliphatic carbocycles. The number of nitrogens with zero attached hydrogens (tertiary/aromatic N) is 1. The van der Waals surface area contributed by atoms with Gasteiger partial charge in [-0.05, 0) is 55.2 Å². The molecule has 1 amide bonds. The van der Waals surface area contributed by atoms with E-state index in [1.807, 2.05) is 42.6 Å². The number of Topliss-reactive ketones (excluding diaryl/α,β-unsaturated/α-hetero) is 1. The number of pyridine rings is 1. The van der Waals surface area contributed by atoms with E-state index < -0.39 is 0 Å². The minimum Gasteiger partial charge on any atom is -0.384 e. The summed E-state index contributed by atoms with van der Waals surface area (Å²) in [7, 11) is 0. The maximum absolute atomic E-state index is 12.9. The first-order chi connectivity index (χ1) is 14.6. The Hall–Kier alpha value is -3.73. The number of aryl methyl sites for hydroxylation is 1. The maximum atomic E-state index is 12.9. The van der Waals surface area contributed by atoms with Crippen molar-refractivity contribution in [3.05, 3.63) is 95.3 Å². The summed E-state index contributed by atoms with van der Waals surface area (Å²) >= 11 is 0. The number of anilines is 1. The molecule has 150 valence electrons. The largest absolute Gasteiger partial charge is 0.384 e. The Bertz CT molecular complexity index is 1110.